The Morgan fingerprint density at radius 1 is 0.864 bits per heavy atom. The highest BCUT2D eigenvalue weighted by molar-refractivity contribution is 6.21. The van der Waals surface area contributed by atoms with Crippen molar-refractivity contribution in [1.29, 1.82) is 0 Å². The number of nitrogens with one attached hydrogen (secondary N) is 2. The number of rotatable bonds is 15. The van der Waals surface area contributed by atoms with Crippen LogP contribution >= 0.6 is 11.6 Å². The molecule has 44 heavy (non-hydrogen) atoms. The molecule has 2 N–H and O–H groups in total. The number of alkyl halides is 1. The van der Waals surface area contributed by atoms with Crippen LogP contribution in [0.3, 0.4) is 0 Å². The standard InChI is InChI=1S/C38H53ClN4O/c39-33-19-15-21-34(20-11-4-7-12-27-40-30-26-33)41-28-13-5-2-1-3-6-14-29-42-36-22-16-23-37-35(36)24-25-38(43-37)44-31-32-17-9-8-10-18-32/h8-10,15,17-18,20-21,24-27,30,33,36,41-42H,1-7,11-14,16,19,22-23,28-29,31H2/b21-15+,30-26+,34-20-,40-27+. The number of halogens is 1. The number of fused-ring (bicyclic) bond motifs is 1. The molecule has 6 heteroatoms. The van der Waals surface area contributed by atoms with Gasteiger partial charge in [0, 0.05) is 42.5 Å². The number of hydrogen-bond acceptors (Lipinski definition) is 5. The number of aliphatic imine (C=N–C) groups is 1. The van der Waals surface area contributed by atoms with E-state index < -0.39 is 0 Å². The van der Waals surface area contributed by atoms with E-state index in [0.29, 0.717) is 12.6 Å². The minimum absolute atomic E-state index is 0.00996. The topological polar surface area (TPSA) is 58.5 Å². The maximum absolute atomic E-state index is 6.37. The Kier molecular flexibility index (Phi) is 16.2. The monoisotopic (exact) mass is 616 g/mol. The van der Waals surface area contributed by atoms with Gasteiger partial charge in [-0.25, -0.2) is 4.98 Å². The van der Waals surface area contributed by atoms with Gasteiger partial charge in [0.05, 0.1) is 5.38 Å². The number of benzene rings is 1. The summed E-state index contributed by atoms with van der Waals surface area (Å²) in [6.07, 6.45) is 30.3. The minimum Gasteiger partial charge on any atom is -0.473 e. The van der Waals surface area contributed by atoms with E-state index in [1.807, 2.05) is 42.8 Å². The summed E-state index contributed by atoms with van der Waals surface area (Å²) in [5.74, 6) is 0.735. The largest absolute Gasteiger partial charge is 0.473 e. The van der Waals surface area contributed by atoms with Crippen molar-refractivity contribution in [3.63, 3.8) is 0 Å². The first-order valence-electron chi connectivity index (χ1n) is 17.1. The van der Waals surface area contributed by atoms with Crippen LogP contribution < -0.4 is 15.4 Å². The lowest BCUT2D eigenvalue weighted by Gasteiger charge is -2.26. The second-order valence-corrected chi connectivity index (χ2v) is 12.6. The maximum atomic E-state index is 6.37. The Morgan fingerprint density at radius 2 is 1.66 bits per heavy atom. The van der Waals surface area contributed by atoms with Gasteiger partial charge in [0.2, 0.25) is 5.88 Å². The molecule has 4 rings (SSSR count). The zero-order valence-corrected chi connectivity index (χ0v) is 27.3. The summed E-state index contributed by atoms with van der Waals surface area (Å²) in [5, 5.41) is 7.47. The molecule has 2 aliphatic rings. The Hall–Kier alpha value is -2.89. The summed E-state index contributed by atoms with van der Waals surface area (Å²) in [6, 6.07) is 15.0. The molecule has 1 aromatic carbocycles. The Labute approximate surface area is 271 Å². The molecule has 0 spiro atoms. The summed E-state index contributed by atoms with van der Waals surface area (Å²) in [7, 11) is 0. The van der Waals surface area contributed by atoms with Crippen molar-refractivity contribution in [2.45, 2.75) is 114 Å². The number of unbranched alkanes of at least 4 members (excludes halogenated alkanes) is 6. The number of allylic oxidation sites excluding steroid dienone is 4. The SMILES string of the molecule is ClC1/C=C/N=C/CCCC/C=C(NCCCCCCCCCNC2CCCc3nc(OCc4ccccc4)ccc32)/C=C/C1. The van der Waals surface area contributed by atoms with E-state index in [4.69, 9.17) is 21.3 Å². The lowest BCUT2D eigenvalue weighted by Crippen LogP contribution is -2.26. The normalized spacial score (nSPS) is 22.5. The highest BCUT2D eigenvalue weighted by Gasteiger charge is 2.21. The average Bonchev–Trinajstić information content (AvgIpc) is 3.05. The van der Waals surface area contributed by atoms with Gasteiger partial charge in [0.25, 0.3) is 0 Å². The van der Waals surface area contributed by atoms with Crippen molar-refractivity contribution < 1.29 is 4.74 Å². The molecule has 238 valence electrons. The van der Waals surface area contributed by atoms with Gasteiger partial charge in [-0.1, -0.05) is 80.7 Å². The number of hydrogen-bond donors (Lipinski definition) is 2. The van der Waals surface area contributed by atoms with Crippen molar-refractivity contribution in [3.05, 3.63) is 95.5 Å². The lowest BCUT2D eigenvalue weighted by atomic mass is 9.91. The fourth-order valence-corrected chi connectivity index (χ4v) is 5.99. The third-order valence-corrected chi connectivity index (χ3v) is 8.69. The molecule has 1 aliphatic carbocycles. The van der Waals surface area contributed by atoms with Gasteiger partial charge < -0.3 is 15.4 Å². The van der Waals surface area contributed by atoms with Gasteiger partial charge in [0.1, 0.15) is 6.61 Å². The zero-order valence-electron chi connectivity index (χ0n) is 26.6. The summed E-state index contributed by atoms with van der Waals surface area (Å²) in [4.78, 5) is 9.15. The maximum Gasteiger partial charge on any atom is 0.213 e. The predicted molar refractivity (Wildman–Crippen MR) is 187 cm³/mol. The van der Waals surface area contributed by atoms with Crippen molar-refractivity contribution in [2.75, 3.05) is 13.1 Å². The second kappa shape index (κ2) is 21.0. The van der Waals surface area contributed by atoms with Gasteiger partial charge in [0.15, 0.2) is 0 Å². The molecule has 0 radical (unpaired) electrons. The van der Waals surface area contributed by atoms with Gasteiger partial charge in [-0.2, -0.15) is 0 Å². The smallest absolute Gasteiger partial charge is 0.213 e. The van der Waals surface area contributed by atoms with Crippen LogP contribution in [0.25, 0.3) is 0 Å². The molecule has 2 heterocycles. The molecule has 5 nitrogen and oxygen atoms in total. The Balaban J connectivity index is 1.04. The summed E-state index contributed by atoms with van der Waals surface area (Å²) < 4.78 is 5.97. The average molecular weight is 617 g/mol. The first kappa shape index (κ1) is 34.0. The number of pyridine rings is 1. The van der Waals surface area contributed by atoms with E-state index in [-0.39, 0.29) is 5.38 Å². The predicted octanol–water partition coefficient (Wildman–Crippen LogP) is 9.54. The van der Waals surface area contributed by atoms with Crippen LogP contribution in [0, 0.1) is 0 Å². The number of aromatic nitrogens is 1. The zero-order chi connectivity index (χ0) is 30.5. The third kappa shape index (κ3) is 13.4. The van der Waals surface area contributed by atoms with Crippen LogP contribution in [-0.2, 0) is 13.0 Å². The molecular weight excluding hydrogens is 564 g/mol. The van der Waals surface area contributed by atoms with E-state index in [2.05, 4.69) is 52.1 Å². The highest BCUT2D eigenvalue weighted by Crippen LogP contribution is 2.30. The second-order valence-electron chi connectivity index (χ2n) is 12.0. The molecule has 2 unspecified atom stereocenters. The van der Waals surface area contributed by atoms with E-state index >= 15 is 0 Å². The van der Waals surface area contributed by atoms with E-state index in [1.54, 1.807) is 0 Å². The molecule has 0 saturated heterocycles. The van der Waals surface area contributed by atoms with Gasteiger partial charge in [-0.3, -0.25) is 4.99 Å². The molecule has 0 fully saturated rings. The van der Waals surface area contributed by atoms with Crippen LogP contribution in [0.1, 0.15) is 113 Å². The summed E-state index contributed by atoms with van der Waals surface area (Å²) in [5.41, 5.74) is 4.97. The fourth-order valence-electron chi connectivity index (χ4n) is 5.82. The molecular formula is C38H53ClN4O. The van der Waals surface area contributed by atoms with Crippen molar-refractivity contribution in [1.82, 2.24) is 15.6 Å². The van der Waals surface area contributed by atoms with Crippen LogP contribution in [0.4, 0.5) is 0 Å². The van der Waals surface area contributed by atoms with Crippen molar-refractivity contribution in [2.24, 2.45) is 4.99 Å². The summed E-state index contributed by atoms with van der Waals surface area (Å²) >= 11 is 6.37. The Morgan fingerprint density at radius 3 is 2.52 bits per heavy atom. The molecule has 0 amide bonds. The number of ether oxygens (including phenoxy) is 1. The van der Waals surface area contributed by atoms with E-state index in [9.17, 15) is 0 Å². The third-order valence-electron chi connectivity index (χ3n) is 8.37. The quantitative estimate of drug-likeness (QED) is 0.154. The summed E-state index contributed by atoms with van der Waals surface area (Å²) in [6.45, 7) is 2.68. The molecule has 2 atom stereocenters. The van der Waals surface area contributed by atoms with Crippen molar-refractivity contribution >= 4 is 17.8 Å². The molecule has 0 saturated carbocycles. The van der Waals surface area contributed by atoms with Crippen LogP contribution in [0.5, 0.6) is 5.88 Å². The minimum atomic E-state index is -0.00996. The van der Waals surface area contributed by atoms with Gasteiger partial charge >= 0.3 is 0 Å². The lowest BCUT2D eigenvalue weighted by molar-refractivity contribution is 0.291. The molecule has 1 aromatic heterocycles. The number of nitrogens with zero attached hydrogens (tertiary/aromatic N) is 2. The molecule has 0 bridgehead atoms. The van der Waals surface area contributed by atoms with Crippen LogP contribution in [-0.4, -0.2) is 29.7 Å². The van der Waals surface area contributed by atoms with E-state index in [1.165, 1.54) is 93.1 Å². The molecule has 1 aliphatic heterocycles. The highest BCUT2D eigenvalue weighted by atomic mass is 35.5. The first-order chi connectivity index (χ1) is 21.8. The van der Waals surface area contributed by atoms with Gasteiger partial charge in [-0.15, -0.1) is 11.6 Å². The van der Waals surface area contributed by atoms with Gasteiger partial charge in [-0.05, 0) is 94.0 Å². The fraction of sp³-hybridized carbons (Fsp3) is 0.526. The first-order valence-corrected chi connectivity index (χ1v) is 17.5. The van der Waals surface area contributed by atoms with Crippen LogP contribution in [0.15, 0.2) is 83.7 Å². The van der Waals surface area contributed by atoms with Crippen LogP contribution in [0.2, 0.25) is 0 Å². The Bertz CT molecular complexity index is 1190. The van der Waals surface area contributed by atoms with Crippen molar-refractivity contribution in [3.8, 4) is 5.88 Å². The molecule has 2 aromatic rings. The van der Waals surface area contributed by atoms with E-state index in [0.717, 1.165) is 44.7 Å². The number of aryl methyl sites for hydroxylation is 1.